The maximum Gasteiger partial charge on any atom is -0.00220 e. The van der Waals surface area contributed by atoms with Crippen LogP contribution in [0.2, 0.25) is 0 Å². The van der Waals surface area contributed by atoms with E-state index in [1.807, 2.05) is 0 Å². The Kier molecular flexibility index (Phi) is 10.4. The summed E-state index contributed by atoms with van der Waals surface area (Å²) in [4.78, 5) is 2.34. The molecule has 0 saturated heterocycles. The second-order valence-electron chi connectivity index (χ2n) is 2.25. The van der Waals surface area contributed by atoms with Gasteiger partial charge >= 0.3 is 0 Å². The smallest absolute Gasteiger partial charge is 0.00220 e. The summed E-state index contributed by atoms with van der Waals surface area (Å²) < 4.78 is 0. The lowest BCUT2D eigenvalue weighted by Crippen LogP contribution is -2.18. The number of rotatable bonds is 4. The van der Waals surface area contributed by atoms with Crippen LogP contribution < -0.4 is 0 Å². The molecule has 0 bridgehead atoms. The lowest BCUT2D eigenvalue weighted by Gasteiger charge is -2.11. The van der Waals surface area contributed by atoms with E-state index in [4.69, 9.17) is 0 Å². The van der Waals surface area contributed by atoms with Gasteiger partial charge in [-0.25, -0.2) is 0 Å². The van der Waals surface area contributed by atoms with Crippen LogP contribution in [0.15, 0.2) is 0 Å². The topological polar surface area (TPSA) is 3.24 Å². The van der Waals surface area contributed by atoms with E-state index in [2.05, 4.69) is 25.8 Å². The van der Waals surface area contributed by atoms with Gasteiger partial charge in [0.15, 0.2) is 0 Å². The second kappa shape index (κ2) is 7.96. The van der Waals surface area contributed by atoms with Crippen molar-refractivity contribution >= 4 is 0 Å². The summed E-state index contributed by atoms with van der Waals surface area (Å²) in [6.07, 6.45) is 2.65. The van der Waals surface area contributed by atoms with Crippen LogP contribution >= 0.6 is 0 Å². The third-order valence-corrected chi connectivity index (χ3v) is 1.43. The summed E-state index contributed by atoms with van der Waals surface area (Å²) in [5, 5.41) is 0. The van der Waals surface area contributed by atoms with E-state index in [1.165, 1.54) is 25.9 Å². The first-order valence-corrected chi connectivity index (χ1v) is 3.49. The van der Waals surface area contributed by atoms with Crippen molar-refractivity contribution in [1.29, 1.82) is 0 Å². The first-order chi connectivity index (χ1) is 3.81. The molecule has 58 valence electrons. The molecule has 0 saturated carbocycles. The number of hydrogen-bond acceptors (Lipinski definition) is 1. The lowest BCUT2D eigenvalue weighted by atomic mass is 10.3. The zero-order valence-corrected chi connectivity index (χ0v) is 6.28. The molecule has 0 aromatic carbocycles. The second-order valence-corrected chi connectivity index (χ2v) is 2.25. The Hall–Kier alpha value is -0.0400. The van der Waals surface area contributed by atoms with Crippen LogP contribution in [0, 0.1) is 0 Å². The van der Waals surface area contributed by atoms with Crippen LogP contribution in [-0.2, 0) is 0 Å². The Morgan fingerprint density at radius 2 is 1.78 bits per heavy atom. The molecule has 1 heteroatoms. The van der Waals surface area contributed by atoms with E-state index in [9.17, 15) is 0 Å². The first-order valence-electron chi connectivity index (χ1n) is 3.49. The summed E-state index contributed by atoms with van der Waals surface area (Å²) >= 11 is 0. The number of hydrogen-bond donors (Lipinski definition) is 0. The monoisotopic (exact) mass is 131 g/mol. The molecule has 0 aromatic heterocycles. The Bertz CT molecular complexity index is 43.8. The lowest BCUT2D eigenvalue weighted by molar-refractivity contribution is 0.346. The highest BCUT2D eigenvalue weighted by Gasteiger charge is 1.89. The summed E-state index contributed by atoms with van der Waals surface area (Å²) in [7, 11) is 2.16. The van der Waals surface area contributed by atoms with Crippen LogP contribution in [-0.4, -0.2) is 25.0 Å². The van der Waals surface area contributed by atoms with Crippen molar-refractivity contribution < 1.29 is 0 Å². The molecule has 0 aliphatic heterocycles. The minimum Gasteiger partial charge on any atom is -0.307 e. The van der Waals surface area contributed by atoms with Gasteiger partial charge in [0.2, 0.25) is 0 Å². The Labute approximate surface area is 60.1 Å². The summed E-state index contributed by atoms with van der Waals surface area (Å²) in [5.41, 5.74) is 0. The largest absolute Gasteiger partial charge is 0.307 e. The average molecular weight is 131 g/mol. The molecule has 0 aliphatic rings. The van der Waals surface area contributed by atoms with Gasteiger partial charge < -0.3 is 4.90 Å². The van der Waals surface area contributed by atoms with Gasteiger partial charge in [-0.05, 0) is 26.6 Å². The molecule has 0 radical (unpaired) electrons. The van der Waals surface area contributed by atoms with E-state index in [0.717, 1.165) is 0 Å². The molecule has 0 heterocycles. The highest BCUT2D eigenvalue weighted by molar-refractivity contribution is 4.44. The van der Waals surface area contributed by atoms with Crippen LogP contribution in [0.5, 0.6) is 0 Å². The molecule has 0 unspecified atom stereocenters. The zero-order chi connectivity index (χ0) is 6.41. The SMILES string of the molecule is C.CCCCN(C)CC. The maximum absolute atomic E-state index is 2.34. The quantitative estimate of drug-likeness (QED) is 0.566. The molecular formula is C8H21N. The van der Waals surface area contributed by atoms with Crippen molar-refractivity contribution in [3.05, 3.63) is 0 Å². The van der Waals surface area contributed by atoms with Gasteiger partial charge in [0.1, 0.15) is 0 Å². The van der Waals surface area contributed by atoms with Crippen LogP contribution in [0.1, 0.15) is 34.1 Å². The van der Waals surface area contributed by atoms with Gasteiger partial charge in [-0.3, -0.25) is 0 Å². The van der Waals surface area contributed by atoms with Gasteiger partial charge in [-0.1, -0.05) is 27.7 Å². The molecule has 0 N–H and O–H groups in total. The minimum atomic E-state index is 0. The molecule has 0 rings (SSSR count). The fraction of sp³-hybridized carbons (Fsp3) is 1.00. The summed E-state index contributed by atoms with van der Waals surface area (Å²) in [5.74, 6) is 0. The number of nitrogens with zero attached hydrogens (tertiary/aromatic N) is 1. The molecule has 0 aliphatic carbocycles. The third kappa shape index (κ3) is 7.96. The Balaban J connectivity index is 0. The molecular weight excluding hydrogens is 110 g/mol. The van der Waals surface area contributed by atoms with E-state index in [-0.39, 0.29) is 7.43 Å². The van der Waals surface area contributed by atoms with E-state index in [1.54, 1.807) is 0 Å². The highest BCUT2D eigenvalue weighted by atomic mass is 15.1. The summed E-state index contributed by atoms with van der Waals surface area (Å²) in [6, 6.07) is 0. The van der Waals surface area contributed by atoms with Crippen molar-refractivity contribution in [2.24, 2.45) is 0 Å². The standard InChI is InChI=1S/C7H17N.CH4/c1-4-6-7-8(3)5-2;/h4-7H2,1-3H3;1H4. The predicted octanol–water partition coefficient (Wildman–Crippen LogP) is 2.37. The predicted molar refractivity (Wildman–Crippen MR) is 44.8 cm³/mol. The molecule has 1 nitrogen and oxygen atoms in total. The molecule has 0 spiro atoms. The van der Waals surface area contributed by atoms with E-state index in [0.29, 0.717) is 0 Å². The maximum atomic E-state index is 2.34. The van der Waals surface area contributed by atoms with Gasteiger partial charge in [0.25, 0.3) is 0 Å². The number of unbranched alkanes of at least 4 members (excludes halogenated alkanes) is 1. The van der Waals surface area contributed by atoms with Crippen LogP contribution in [0.4, 0.5) is 0 Å². The van der Waals surface area contributed by atoms with E-state index >= 15 is 0 Å². The van der Waals surface area contributed by atoms with Crippen LogP contribution in [0.25, 0.3) is 0 Å². The third-order valence-electron chi connectivity index (χ3n) is 1.43. The van der Waals surface area contributed by atoms with Gasteiger partial charge in [0.05, 0.1) is 0 Å². The van der Waals surface area contributed by atoms with Gasteiger partial charge in [-0.15, -0.1) is 0 Å². The zero-order valence-electron chi connectivity index (χ0n) is 6.28. The van der Waals surface area contributed by atoms with Crippen molar-refractivity contribution in [2.45, 2.75) is 34.1 Å². The Morgan fingerprint density at radius 1 is 1.22 bits per heavy atom. The van der Waals surface area contributed by atoms with Gasteiger partial charge in [-0.2, -0.15) is 0 Å². The summed E-state index contributed by atoms with van der Waals surface area (Å²) in [6.45, 7) is 6.85. The molecule has 0 fully saturated rings. The van der Waals surface area contributed by atoms with Crippen LogP contribution in [0.3, 0.4) is 0 Å². The minimum absolute atomic E-state index is 0. The van der Waals surface area contributed by atoms with Gasteiger partial charge in [0, 0.05) is 0 Å². The highest BCUT2D eigenvalue weighted by Crippen LogP contribution is 1.89. The molecule has 0 aromatic rings. The fourth-order valence-corrected chi connectivity index (χ4v) is 0.586. The average Bonchev–Trinajstić information content (AvgIpc) is 1.83. The van der Waals surface area contributed by atoms with Crippen molar-refractivity contribution in [3.8, 4) is 0 Å². The molecule has 0 atom stereocenters. The fourth-order valence-electron chi connectivity index (χ4n) is 0.586. The Morgan fingerprint density at radius 3 is 2.11 bits per heavy atom. The normalized spacial score (nSPS) is 9.33. The van der Waals surface area contributed by atoms with Crippen molar-refractivity contribution in [3.63, 3.8) is 0 Å². The first kappa shape index (κ1) is 11.7. The molecule has 9 heavy (non-hydrogen) atoms. The van der Waals surface area contributed by atoms with E-state index < -0.39 is 0 Å². The van der Waals surface area contributed by atoms with Crippen molar-refractivity contribution in [2.75, 3.05) is 20.1 Å². The molecule has 0 amide bonds. The van der Waals surface area contributed by atoms with Crippen molar-refractivity contribution in [1.82, 2.24) is 4.90 Å².